The van der Waals surface area contributed by atoms with E-state index in [0.717, 1.165) is 18.4 Å². The van der Waals surface area contributed by atoms with Crippen LogP contribution < -0.4 is 10.6 Å². The van der Waals surface area contributed by atoms with Crippen molar-refractivity contribution in [2.75, 3.05) is 11.6 Å². The molecule has 0 saturated heterocycles. The maximum atomic E-state index is 12.6. The van der Waals surface area contributed by atoms with Crippen molar-refractivity contribution in [2.24, 2.45) is 0 Å². The molecular weight excluding hydrogens is 444 g/mol. The van der Waals surface area contributed by atoms with Crippen LogP contribution in [0, 0.1) is 0 Å². The number of rotatable bonds is 7. The normalized spacial score (nSPS) is 12.4. The first-order valence-electron chi connectivity index (χ1n) is 9.29. The molecule has 0 saturated carbocycles. The van der Waals surface area contributed by atoms with Crippen molar-refractivity contribution in [3.8, 4) is 0 Å². The molecule has 0 aliphatic heterocycles. The van der Waals surface area contributed by atoms with Crippen LogP contribution in [0.5, 0.6) is 0 Å². The molecule has 1 aromatic heterocycles. The zero-order valence-electron chi connectivity index (χ0n) is 17.9. The topological polar surface area (TPSA) is 115 Å². The van der Waals surface area contributed by atoms with Gasteiger partial charge in [-0.15, -0.1) is 0 Å². The van der Waals surface area contributed by atoms with Gasteiger partial charge in [-0.1, -0.05) is 11.6 Å². The first-order chi connectivity index (χ1) is 14.3. The quantitative estimate of drug-likeness (QED) is 0.359. The number of hydrogen-bond donors (Lipinski definition) is 2. The lowest BCUT2D eigenvalue weighted by Crippen LogP contribution is -2.39. The molecule has 2 rings (SSSR count). The van der Waals surface area contributed by atoms with Crippen LogP contribution in [0.1, 0.15) is 43.8 Å². The summed E-state index contributed by atoms with van der Waals surface area (Å²) in [6.45, 7) is 7.12. The fraction of sp³-hybridized carbons (Fsp3) is 0.333. The number of allylic oxidation sites excluding steroid dienone is 1. The van der Waals surface area contributed by atoms with Crippen LogP contribution >= 0.6 is 11.6 Å². The van der Waals surface area contributed by atoms with Crippen molar-refractivity contribution in [2.45, 2.75) is 44.7 Å². The van der Waals surface area contributed by atoms with E-state index in [1.54, 1.807) is 12.1 Å². The van der Waals surface area contributed by atoms with Crippen LogP contribution in [0.4, 0.5) is 5.69 Å². The summed E-state index contributed by atoms with van der Waals surface area (Å²) in [6.07, 6.45) is 3.63. The summed E-state index contributed by atoms with van der Waals surface area (Å²) >= 11 is 6.26. The van der Waals surface area contributed by atoms with E-state index in [4.69, 9.17) is 20.8 Å². The number of hydrogen-bond acceptors (Lipinski definition) is 7. The number of furan rings is 1. The first-order valence-corrected chi connectivity index (χ1v) is 11.6. The molecule has 0 atom stereocenters. The first kappa shape index (κ1) is 24.5. The van der Waals surface area contributed by atoms with E-state index in [1.807, 2.05) is 20.8 Å². The van der Waals surface area contributed by atoms with Gasteiger partial charge < -0.3 is 19.8 Å². The SMILES string of the molecule is C/C(=C/C(=O)NC(C)(C)C)OC(=O)c1cc(NCc2ccco2)c(Cl)c(S(C)(=O)=O)c1. The average Bonchev–Trinajstić information content (AvgIpc) is 3.11. The third-order valence-electron chi connectivity index (χ3n) is 3.79. The third-order valence-corrected chi connectivity index (χ3v) is 5.43. The molecule has 1 amide bonds. The number of carbonyl (C=O) groups is 2. The van der Waals surface area contributed by atoms with Gasteiger partial charge in [0.15, 0.2) is 9.84 Å². The highest BCUT2D eigenvalue weighted by atomic mass is 35.5. The van der Waals surface area contributed by atoms with E-state index in [-0.39, 0.29) is 33.5 Å². The van der Waals surface area contributed by atoms with Crippen molar-refractivity contribution in [3.05, 3.63) is 58.7 Å². The van der Waals surface area contributed by atoms with Gasteiger partial charge in [0, 0.05) is 17.9 Å². The number of amides is 1. The number of benzene rings is 1. The number of anilines is 1. The molecule has 0 radical (unpaired) electrons. The van der Waals surface area contributed by atoms with Gasteiger partial charge in [0.2, 0.25) is 5.91 Å². The second-order valence-electron chi connectivity index (χ2n) is 7.92. The van der Waals surface area contributed by atoms with Crippen molar-refractivity contribution in [3.63, 3.8) is 0 Å². The molecule has 0 spiro atoms. The van der Waals surface area contributed by atoms with E-state index in [1.165, 1.54) is 19.3 Å². The van der Waals surface area contributed by atoms with Crippen LogP contribution in [0.15, 0.2) is 51.7 Å². The Balaban J connectivity index is 2.30. The lowest BCUT2D eigenvalue weighted by molar-refractivity contribution is -0.117. The van der Waals surface area contributed by atoms with E-state index in [9.17, 15) is 18.0 Å². The molecule has 0 fully saturated rings. The second-order valence-corrected chi connectivity index (χ2v) is 10.3. The Morgan fingerprint density at radius 3 is 2.48 bits per heavy atom. The summed E-state index contributed by atoms with van der Waals surface area (Å²) < 4.78 is 34.8. The molecule has 0 unspecified atom stereocenters. The number of sulfone groups is 1. The van der Waals surface area contributed by atoms with Crippen molar-refractivity contribution >= 4 is 39.0 Å². The highest BCUT2D eigenvalue weighted by molar-refractivity contribution is 7.90. The van der Waals surface area contributed by atoms with Crippen molar-refractivity contribution in [1.29, 1.82) is 0 Å². The van der Waals surface area contributed by atoms with Crippen LogP contribution in [-0.4, -0.2) is 32.1 Å². The summed E-state index contributed by atoms with van der Waals surface area (Å²) in [7, 11) is -3.73. The molecule has 31 heavy (non-hydrogen) atoms. The Kier molecular flexibility index (Phi) is 7.56. The van der Waals surface area contributed by atoms with Gasteiger partial charge in [0.25, 0.3) is 0 Å². The van der Waals surface area contributed by atoms with Crippen LogP contribution in [-0.2, 0) is 25.9 Å². The van der Waals surface area contributed by atoms with E-state index >= 15 is 0 Å². The van der Waals surface area contributed by atoms with Crippen molar-refractivity contribution < 1.29 is 27.2 Å². The Morgan fingerprint density at radius 2 is 1.94 bits per heavy atom. The third kappa shape index (κ3) is 7.45. The molecule has 10 heteroatoms. The minimum absolute atomic E-state index is 0.0456. The number of ether oxygens (including phenoxy) is 1. The lowest BCUT2D eigenvalue weighted by atomic mass is 10.1. The fourth-order valence-electron chi connectivity index (χ4n) is 2.53. The van der Waals surface area contributed by atoms with Crippen LogP contribution in [0.3, 0.4) is 0 Å². The minimum atomic E-state index is -3.73. The maximum absolute atomic E-state index is 12.6. The van der Waals surface area contributed by atoms with Gasteiger partial charge in [-0.25, -0.2) is 13.2 Å². The van der Waals surface area contributed by atoms with Gasteiger partial charge in [0.1, 0.15) is 11.5 Å². The number of esters is 1. The predicted molar refractivity (Wildman–Crippen MR) is 118 cm³/mol. The zero-order chi connectivity index (χ0) is 23.4. The summed E-state index contributed by atoms with van der Waals surface area (Å²) in [5, 5.41) is 5.62. The second kappa shape index (κ2) is 9.57. The Hall–Kier alpha value is -2.78. The monoisotopic (exact) mass is 468 g/mol. The van der Waals surface area contributed by atoms with Gasteiger partial charge in [-0.3, -0.25) is 4.79 Å². The van der Waals surface area contributed by atoms with E-state index in [0.29, 0.717) is 5.76 Å². The molecule has 1 aromatic carbocycles. The number of halogens is 1. The van der Waals surface area contributed by atoms with Crippen LogP contribution in [0.2, 0.25) is 5.02 Å². The number of carbonyl (C=O) groups excluding carboxylic acids is 2. The predicted octanol–water partition coefficient (Wildman–Crippen LogP) is 3.92. The Labute approximate surface area is 186 Å². The molecule has 1 heterocycles. The molecule has 2 aromatic rings. The van der Waals surface area contributed by atoms with Gasteiger partial charge >= 0.3 is 5.97 Å². The molecule has 2 N–H and O–H groups in total. The summed E-state index contributed by atoms with van der Waals surface area (Å²) in [6, 6.07) is 5.96. The largest absolute Gasteiger partial charge is 0.467 e. The highest BCUT2D eigenvalue weighted by Crippen LogP contribution is 2.32. The minimum Gasteiger partial charge on any atom is -0.467 e. The standard InChI is InChI=1S/C21H25ClN2O6S/c1-13(9-18(25)24-21(2,3)4)30-20(26)14-10-16(23-12-15-7-6-8-29-15)19(22)17(11-14)31(5,27)28/h6-11,23H,12H2,1-5H3,(H,24,25)/b13-9-. The Bertz CT molecular complexity index is 1100. The smallest absolute Gasteiger partial charge is 0.343 e. The fourth-order valence-corrected chi connectivity index (χ4v) is 3.91. The molecule has 0 bridgehead atoms. The van der Waals surface area contributed by atoms with Gasteiger partial charge in [-0.2, -0.15) is 0 Å². The summed E-state index contributed by atoms with van der Waals surface area (Å²) in [4.78, 5) is 24.4. The molecule has 168 valence electrons. The lowest BCUT2D eigenvalue weighted by Gasteiger charge is -2.19. The summed E-state index contributed by atoms with van der Waals surface area (Å²) in [5.74, 6) is -0.618. The van der Waals surface area contributed by atoms with E-state index < -0.39 is 27.3 Å². The number of nitrogens with one attached hydrogen (secondary N) is 2. The van der Waals surface area contributed by atoms with E-state index in [2.05, 4.69) is 10.6 Å². The zero-order valence-corrected chi connectivity index (χ0v) is 19.5. The summed E-state index contributed by atoms with van der Waals surface area (Å²) in [5.41, 5.74) is -0.275. The molecular formula is C21H25ClN2O6S. The maximum Gasteiger partial charge on any atom is 0.343 e. The highest BCUT2D eigenvalue weighted by Gasteiger charge is 2.21. The molecule has 0 aliphatic rings. The van der Waals surface area contributed by atoms with Crippen LogP contribution in [0.25, 0.3) is 0 Å². The van der Waals surface area contributed by atoms with Crippen molar-refractivity contribution in [1.82, 2.24) is 5.32 Å². The Morgan fingerprint density at radius 1 is 1.26 bits per heavy atom. The molecule has 8 nitrogen and oxygen atoms in total. The average molecular weight is 469 g/mol. The van der Waals surface area contributed by atoms with Gasteiger partial charge in [0.05, 0.1) is 34.0 Å². The van der Waals surface area contributed by atoms with Gasteiger partial charge in [-0.05, 0) is 52.0 Å². The molecule has 0 aliphatic carbocycles.